The average Bonchev–Trinajstić information content (AvgIpc) is 3.83. The predicted octanol–water partition coefficient (Wildman–Crippen LogP) is 14.6. The van der Waals surface area contributed by atoms with E-state index >= 15 is 0 Å². The molecule has 0 saturated carbocycles. The maximum Gasteiger partial charge on any atom is 0.160 e. The van der Waals surface area contributed by atoms with E-state index in [4.69, 9.17) is 9.97 Å². The fourth-order valence-electron chi connectivity index (χ4n) is 9.46. The molecule has 0 spiro atoms. The monoisotopic (exact) mass is 768 g/mol. The molecule has 60 heavy (non-hydrogen) atoms. The van der Waals surface area contributed by atoms with Gasteiger partial charge in [0.05, 0.1) is 33.5 Å². The van der Waals surface area contributed by atoms with Crippen molar-refractivity contribution in [1.82, 2.24) is 19.1 Å². The number of para-hydroxylation sites is 1. The molecule has 10 aromatic rings. The highest BCUT2D eigenvalue weighted by molar-refractivity contribution is 6.15. The van der Waals surface area contributed by atoms with Gasteiger partial charge in [-0.1, -0.05) is 134 Å². The second kappa shape index (κ2) is 14.1. The van der Waals surface area contributed by atoms with Gasteiger partial charge >= 0.3 is 0 Å². The average molecular weight is 769 g/mol. The van der Waals surface area contributed by atoms with E-state index in [0.29, 0.717) is 0 Å². The molecule has 7 aromatic carbocycles. The molecular formula is C56H40N4. The van der Waals surface area contributed by atoms with Crippen LogP contribution in [0, 0.1) is 0 Å². The largest absolute Gasteiger partial charge is 0.310 e. The Balaban J connectivity index is 0.991. The van der Waals surface area contributed by atoms with Crippen LogP contribution in [-0.4, -0.2) is 19.1 Å². The molecular weight excluding hydrogens is 729 g/mol. The maximum atomic E-state index is 5.13. The molecule has 0 N–H and O–H groups in total. The molecule has 0 radical (unpaired) electrons. The first-order valence-corrected chi connectivity index (χ1v) is 21.0. The minimum absolute atomic E-state index is 0.217. The van der Waals surface area contributed by atoms with Gasteiger partial charge in [0.2, 0.25) is 0 Å². The zero-order valence-electron chi connectivity index (χ0n) is 33.0. The van der Waals surface area contributed by atoms with E-state index in [1.54, 1.807) is 0 Å². The van der Waals surface area contributed by atoms with Crippen LogP contribution in [-0.2, 0) is 0 Å². The fourth-order valence-corrected chi connectivity index (χ4v) is 9.46. The molecule has 0 amide bonds. The highest BCUT2D eigenvalue weighted by Gasteiger charge is 2.19. The first-order chi connectivity index (χ1) is 29.7. The quantitative estimate of drug-likeness (QED) is 0.169. The maximum absolute atomic E-state index is 5.13. The molecule has 2 aliphatic carbocycles. The van der Waals surface area contributed by atoms with Gasteiger partial charge in [0.25, 0.3) is 0 Å². The SMILES string of the molecule is C1=CCC(c2cc(-c3ccc(-n4c5ccc(-c6ccc7c(c6)c6ccccc6n7C6=CCCC=C6)cc5c5cc6ccccc6cc54)cc3)nc(-c3ccccc3)n2)C=C1. The van der Waals surface area contributed by atoms with Gasteiger partial charge in [0.1, 0.15) is 0 Å². The van der Waals surface area contributed by atoms with E-state index in [2.05, 4.69) is 191 Å². The van der Waals surface area contributed by atoms with E-state index < -0.39 is 0 Å². The third kappa shape index (κ3) is 5.75. The van der Waals surface area contributed by atoms with E-state index in [-0.39, 0.29) is 5.92 Å². The zero-order valence-corrected chi connectivity index (χ0v) is 33.0. The van der Waals surface area contributed by atoms with Crippen LogP contribution < -0.4 is 0 Å². The van der Waals surface area contributed by atoms with Crippen molar-refractivity contribution in [3.8, 4) is 39.5 Å². The van der Waals surface area contributed by atoms with Gasteiger partial charge in [-0.05, 0) is 108 Å². The van der Waals surface area contributed by atoms with Gasteiger partial charge in [-0.2, -0.15) is 0 Å². The van der Waals surface area contributed by atoms with Crippen LogP contribution >= 0.6 is 0 Å². The van der Waals surface area contributed by atoms with Gasteiger partial charge in [0, 0.05) is 50.0 Å². The second-order valence-corrected chi connectivity index (χ2v) is 16.0. The molecule has 1 unspecified atom stereocenters. The van der Waals surface area contributed by atoms with Crippen LogP contribution in [0.2, 0.25) is 0 Å². The first kappa shape index (κ1) is 34.5. The van der Waals surface area contributed by atoms with Crippen LogP contribution in [0.1, 0.15) is 30.9 Å². The third-order valence-corrected chi connectivity index (χ3v) is 12.4. The van der Waals surface area contributed by atoms with Crippen molar-refractivity contribution < 1.29 is 0 Å². The molecule has 1 atom stereocenters. The summed E-state index contributed by atoms with van der Waals surface area (Å²) in [5.74, 6) is 0.971. The van der Waals surface area contributed by atoms with Crippen molar-refractivity contribution in [2.75, 3.05) is 0 Å². The Morgan fingerprint density at radius 1 is 0.467 bits per heavy atom. The van der Waals surface area contributed by atoms with E-state index in [1.165, 1.54) is 71.2 Å². The summed E-state index contributed by atoms with van der Waals surface area (Å²) in [6.07, 6.45) is 18.7. The van der Waals surface area contributed by atoms with Gasteiger partial charge in [-0.25, -0.2) is 9.97 Å². The number of rotatable bonds is 6. The van der Waals surface area contributed by atoms with Crippen molar-refractivity contribution in [2.45, 2.75) is 25.2 Å². The van der Waals surface area contributed by atoms with Crippen molar-refractivity contribution in [2.24, 2.45) is 0 Å². The van der Waals surface area contributed by atoms with Crippen molar-refractivity contribution in [1.29, 1.82) is 0 Å². The van der Waals surface area contributed by atoms with Crippen molar-refractivity contribution >= 4 is 60.1 Å². The molecule has 2 aliphatic rings. The van der Waals surface area contributed by atoms with Crippen LogP contribution in [0.5, 0.6) is 0 Å². The Morgan fingerprint density at radius 2 is 1.15 bits per heavy atom. The number of hydrogen-bond acceptors (Lipinski definition) is 2. The zero-order chi connectivity index (χ0) is 39.6. The number of hydrogen-bond donors (Lipinski definition) is 0. The lowest BCUT2D eigenvalue weighted by Gasteiger charge is -2.16. The number of aromatic nitrogens is 4. The van der Waals surface area contributed by atoms with Gasteiger partial charge < -0.3 is 9.13 Å². The highest BCUT2D eigenvalue weighted by atomic mass is 15.0. The van der Waals surface area contributed by atoms with Crippen molar-refractivity contribution in [3.05, 3.63) is 206 Å². The third-order valence-electron chi connectivity index (χ3n) is 12.4. The molecule has 3 aromatic heterocycles. The Bertz CT molecular complexity index is 3450. The van der Waals surface area contributed by atoms with Gasteiger partial charge in [0.15, 0.2) is 5.82 Å². The second-order valence-electron chi connectivity index (χ2n) is 16.0. The summed E-state index contributed by atoms with van der Waals surface area (Å²) < 4.78 is 4.85. The summed E-state index contributed by atoms with van der Waals surface area (Å²) in [6.45, 7) is 0. The Morgan fingerprint density at radius 3 is 1.92 bits per heavy atom. The van der Waals surface area contributed by atoms with E-state index in [9.17, 15) is 0 Å². The van der Waals surface area contributed by atoms with Crippen LogP contribution in [0.15, 0.2) is 200 Å². The van der Waals surface area contributed by atoms with E-state index in [0.717, 1.165) is 53.3 Å². The normalized spacial score (nSPS) is 15.2. The Labute approximate surface area is 348 Å². The number of allylic oxidation sites excluding steroid dienone is 8. The lowest BCUT2D eigenvalue weighted by Crippen LogP contribution is -2.04. The summed E-state index contributed by atoms with van der Waals surface area (Å²) in [5, 5.41) is 7.49. The molecule has 0 fully saturated rings. The minimum Gasteiger partial charge on any atom is -0.310 e. The first-order valence-electron chi connectivity index (χ1n) is 21.0. The molecule has 0 bridgehead atoms. The summed E-state index contributed by atoms with van der Waals surface area (Å²) in [5.41, 5.74) is 13.7. The molecule has 0 saturated heterocycles. The van der Waals surface area contributed by atoms with Crippen molar-refractivity contribution in [3.63, 3.8) is 0 Å². The number of fused-ring (bicyclic) bond motifs is 7. The molecule has 12 rings (SSSR count). The predicted molar refractivity (Wildman–Crippen MR) is 251 cm³/mol. The minimum atomic E-state index is 0.217. The molecule has 4 heteroatoms. The number of benzene rings is 7. The Kier molecular flexibility index (Phi) is 8.09. The van der Waals surface area contributed by atoms with Gasteiger partial charge in [-0.3, -0.25) is 0 Å². The van der Waals surface area contributed by atoms with Crippen LogP contribution in [0.3, 0.4) is 0 Å². The topological polar surface area (TPSA) is 35.6 Å². The lowest BCUT2D eigenvalue weighted by atomic mass is 9.95. The lowest BCUT2D eigenvalue weighted by molar-refractivity contribution is 0.811. The van der Waals surface area contributed by atoms with Gasteiger partial charge in [-0.15, -0.1) is 0 Å². The summed E-state index contributed by atoms with van der Waals surface area (Å²) in [4.78, 5) is 10.2. The molecule has 284 valence electrons. The van der Waals surface area contributed by atoms with Crippen LogP contribution in [0.4, 0.5) is 0 Å². The molecule has 4 nitrogen and oxygen atoms in total. The standard InChI is InChI=1S/C56H40N4/c1-4-14-37(15-5-1)50-36-51(58-56(57-50)39-16-6-2-7-17-39)38-24-28-45(29-25-38)60-54-31-27-43(34-48(54)49-32-40-18-10-11-19-41(40)35-55(49)60)42-26-30-53-47(33-42)46-22-12-13-23-52(46)59(53)44-20-8-3-9-21-44/h1-2,4-8,10-14,16-37H,3,9,15H2. The highest BCUT2D eigenvalue weighted by Crippen LogP contribution is 2.40. The summed E-state index contributed by atoms with van der Waals surface area (Å²) in [7, 11) is 0. The smallest absolute Gasteiger partial charge is 0.160 e. The molecule has 3 heterocycles. The number of nitrogens with zero attached hydrogens (tertiary/aromatic N) is 4. The Hall–Kier alpha value is -7.56. The summed E-state index contributed by atoms with van der Waals surface area (Å²) in [6, 6.07) is 57.6. The summed E-state index contributed by atoms with van der Waals surface area (Å²) >= 11 is 0. The fraction of sp³-hybridized carbons (Fsp3) is 0.0714. The van der Waals surface area contributed by atoms with Crippen LogP contribution in [0.25, 0.3) is 99.5 Å². The van der Waals surface area contributed by atoms with E-state index in [1.807, 2.05) is 18.2 Å². The molecule has 0 aliphatic heterocycles.